The first-order valence-electron chi connectivity index (χ1n) is 3.77. The largest absolute Gasteiger partial charge is 0.142 e. The van der Waals surface area contributed by atoms with Crippen molar-refractivity contribution >= 4 is 0 Å². The van der Waals surface area contributed by atoms with Gasteiger partial charge in [-0.05, 0) is 19.8 Å². The van der Waals surface area contributed by atoms with Gasteiger partial charge in [-0.2, -0.15) is 0 Å². The molecule has 0 heterocycles. The molecule has 0 aliphatic carbocycles. The standard InChI is InChI=1S/C9H18/c1-5-7-8-9(3,4)6-2/h2-3,5-8H2,1,4H3/q+2. The molecule has 0 nitrogen and oxygen atoms in total. The molecular formula is C9H18+2. The number of hydrogen-bond acceptors (Lipinski definition) is 0. The fourth-order valence-corrected chi connectivity index (χ4v) is 0.729. The van der Waals surface area contributed by atoms with Crippen LogP contribution in [0.25, 0.3) is 0 Å². The molecule has 0 aromatic rings. The zero-order chi connectivity index (χ0) is 7.33. The van der Waals surface area contributed by atoms with Crippen LogP contribution >= 0.6 is 0 Å². The van der Waals surface area contributed by atoms with Gasteiger partial charge in [-0.25, -0.2) is 0 Å². The Balaban J connectivity index is 3.33. The average molecular weight is 126 g/mol. The third kappa shape index (κ3) is 4.26. The molecule has 1 atom stereocenters. The van der Waals surface area contributed by atoms with Gasteiger partial charge in [-0.1, -0.05) is 13.3 Å². The molecular weight excluding hydrogens is 108 g/mol. The molecule has 1 unspecified atom stereocenters. The van der Waals surface area contributed by atoms with Crippen LogP contribution in [0.3, 0.4) is 0 Å². The Labute approximate surface area is 59.7 Å². The summed E-state index contributed by atoms with van der Waals surface area (Å²) in [5, 5.41) is 0. The van der Waals surface area contributed by atoms with Crippen molar-refractivity contribution in [3.63, 3.8) is 0 Å². The van der Waals surface area contributed by atoms with Gasteiger partial charge >= 0.3 is 0 Å². The minimum Gasteiger partial charge on any atom is -0.0654 e. The molecule has 0 spiro atoms. The maximum atomic E-state index is 4.06. The first-order chi connectivity index (χ1) is 4.12. The molecule has 0 heteroatoms. The molecule has 0 saturated carbocycles. The highest BCUT2D eigenvalue weighted by molar-refractivity contribution is 4.76. The van der Waals surface area contributed by atoms with E-state index in [9.17, 15) is 0 Å². The van der Waals surface area contributed by atoms with Gasteiger partial charge in [-0.15, -0.1) is 0 Å². The zero-order valence-corrected chi connectivity index (χ0v) is 6.74. The minimum atomic E-state index is 0.232. The highest BCUT2D eigenvalue weighted by atomic mass is 14.2. The first-order valence-corrected chi connectivity index (χ1v) is 3.77. The molecule has 0 radical (unpaired) electrons. The Bertz CT molecular complexity index is 62.4. The Kier molecular flexibility index (Phi) is 3.60. The first kappa shape index (κ1) is 8.74. The van der Waals surface area contributed by atoms with Crippen molar-refractivity contribution in [2.24, 2.45) is 5.41 Å². The van der Waals surface area contributed by atoms with Crippen molar-refractivity contribution in [2.45, 2.75) is 39.5 Å². The predicted molar refractivity (Wildman–Crippen MR) is 43.0 cm³/mol. The van der Waals surface area contributed by atoms with E-state index in [1.165, 1.54) is 19.3 Å². The zero-order valence-electron chi connectivity index (χ0n) is 6.74. The number of unbranched alkanes of at least 4 members (excludes halogenated alkanes) is 1. The third-order valence-corrected chi connectivity index (χ3v) is 1.74. The van der Waals surface area contributed by atoms with E-state index in [4.69, 9.17) is 0 Å². The minimum absolute atomic E-state index is 0.232. The van der Waals surface area contributed by atoms with Crippen LogP contribution in [0.15, 0.2) is 0 Å². The van der Waals surface area contributed by atoms with Crippen molar-refractivity contribution in [1.82, 2.24) is 0 Å². The molecule has 0 aliphatic heterocycles. The lowest BCUT2D eigenvalue weighted by Crippen LogP contribution is -2.09. The van der Waals surface area contributed by atoms with E-state index >= 15 is 0 Å². The molecule has 0 fully saturated rings. The SMILES string of the molecule is [CH2+]CC([CH2+])(C)CCCC. The van der Waals surface area contributed by atoms with Crippen LogP contribution in [0, 0.1) is 19.3 Å². The summed E-state index contributed by atoms with van der Waals surface area (Å²) in [5.74, 6) is 0. The molecule has 0 N–H and O–H groups in total. The van der Waals surface area contributed by atoms with Crippen LogP contribution in [-0.2, 0) is 0 Å². The fraction of sp³-hybridized carbons (Fsp3) is 0.778. The van der Waals surface area contributed by atoms with Crippen LogP contribution in [0.2, 0.25) is 0 Å². The van der Waals surface area contributed by atoms with Gasteiger partial charge in [0.25, 0.3) is 0 Å². The van der Waals surface area contributed by atoms with Crippen LogP contribution in [-0.4, -0.2) is 0 Å². The maximum absolute atomic E-state index is 4.06. The van der Waals surface area contributed by atoms with E-state index in [2.05, 4.69) is 27.7 Å². The summed E-state index contributed by atoms with van der Waals surface area (Å²) in [6, 6.07) is 0. The smallest absolute Gasteiger partial charge is 0.0654 e. The van der Waals surface area contributed by atoms with Crippen LogP contribution in [0.1, 0.15) is 39.5 Å². The second kappa shape index (κ2) is 3.71. The lowest BCUT2D eigenvalue weighted by Gasteiger charge is -2.09. The van der Waals surface area contributed by atoms with Crippen molar-refractivity contribution in [3.05, 3.63) is 13.8 Å². The van der Waals surface area contributed by atoms with E-state index in [1.54, 1.807) is 0 Å². The Morgan fingerprint density at radius 2 is 2.00 bits per heavy atom. The molecule has 9 heavy (non-hydrogen) atoms. The number of rotatable bonds is 4. The fourth-order valence-electron chi connectivity index (χ4n) is 0.729. The summed E-state index contributed by atoms with van der Waals surface area (Å²) in [6.45, 7) is 12.3. The summed E-state index contributed by atoms with van der Waals surface area (Å²) in [4.78, 5) is 0. The molecule has 0 amide bonds. The highest BCUT2D eigenvalue weighted by Crippen LogP contribution is 2.25. The predicted octanol–water partition coefficient (Wildman–Crippen LogP) is 3.24. The normalized spacial score (nSPS) is 17.1. The quantitative estimate of drug-likeness (QED) is 0.507. The van der Waals surface area contributed by atoms with Crippen LogP contribution in [0.4, 0.5) is 0 Å². The Hall–Kier alpha value is -0.260. The van der Waals surface area contributed by atoms with Crippen molar-refractivity contribution in [2.75, 3.05) is 0 Å². The van der Waals surface area contributed by atoms with Crippen LogP contribution < -0.4 is 0 Å². The van der Waals surface area contributed by atoms with Gasteiger partial charge in [0.1, 0.15) is 11.8 Å². The van der Waals surface area contributed by atoms with Crippen molar-refractivity contribution in [1.29, 1.82) is 0 Å². The van der Waals surface area contributed by atoms with Crippen LogP contribution in [0.5, 0.6) is 0 Å². The van der Waals surface area contributed by atoms with Gasteiger partial charge < -0.3 is 0 Å². The second-order valence-corrected chi connectivity index (χ2v) is 3.16. The average Bonchev–Trinajstić information content (AvgIpc) is 1.84. The Morgan fingerprint density at radius 1 is 1.44 bits per heavy atom. The van der Waals surface area contributed by atoms with Gasteiger partial charge in [0.15, 0.2) is 0 Å². The molecule has 0 aromatic carbocycles. The number of hydrogen-bond donors (Lipinski definition) is 0. The molecule has 0 bridgehead atoms. The van der Waals surface area contributed by atoms with E-state index in [0.29, 0.717) is 0 Å². The van der Waals surface area contributed by atoms with Gasteiger partial charge in [0.05, 0.1) is 13.8 Å². The second-order valence-electron chi connectivity index (χ2n) is 3.16. The summed E-state index contributed by atoms with van der Waals surface area (Å²) in [5.41, 5.74) is 0.232. The highest BCUT2D eigenvalue weighted by Gasteiger charge is 2.25. The lowest BCUT2D eigenvalue weighted by molar-refractivity contribution is 0.376. The molecule has 0 aliphatic rings. The monoisotopic (exact) mass is 126 g/mol. The van der Waals surface area contributed by atoms with Crippen molar-refractivity contribution < 1.29 is 0 Å². The lowest BCUT2D eigenvalue weighted by atomic mass is 9.85. The van der Waals surface area contributed by atoms with E-state index < -0.39 is 0 Å². The molecule has 0 saturated heterocycles. The van der Waals surface area contributed by atoms with E-state index in [0.717, 1.165) is 6.42 Å². The van der Waals surface area contributed by atoms with E-state index in [-0.39, 0.29) is 5.41 Å². The summed E-state index contributed by atoms with van der Waals surface area (Å²) in [6.07, 6.45) is 4.72. The molecule has 0 rings (SSSR count). The summed E-state index contributed by atoms with van der Waals surface area (Å²) >= 11 is 0. The molecule has 52 valence electrons. The van der Waals surface area contributed by atoms with Gasteiger partial charge in [0.2, 0.25) is 0 Å². The van der Waals surface area contributed by atoms with Crippen molar-refractivity contribution in [3.8, 4) is 0 Å². The maximum Gasteiger partial charge on any atom is 0.142 e. The third-order valence-electron chi connectivity index (χ3n) is 1.74. The summed E-state index contributed by atoms with van der Waals surface area (Å²) < 4.78 is 0. The topological polar surface area (TPSA) is 0 Å². The van der Waals surface area contributed by atoms with Gasteiger partial charge in [0, 0.05) is 0 Å². The summed E-state index contributed by atoms with van der Waals surface area (Å²) in [7, 11) is 0. The molecule has 0 aromatic heterocycles. The van der Waals surface area contributed by atoms with Gasteiger partial charge in [-0.3, -0.25) is 0 Å². The van der Waals surface area contributed by atoms with E-state index in [1.807, 2.05) is 0 Å². The Morgan fingerprint density at radius 3 is 2.33 bits per heavy atom.